The highest BCUT2D eigenvalue weighted by Crippen LogP contribution is 2.32. The fourth-order valence-electron chi connectivity index (χ4n) is 2.95. The summed E-state index contributed by atoms with van der Waals surface area (Å²) in [6, 6.07) is 20.0. The van der Waals surface area contributed by atoms with Gasteiger partial charge in [0.2, 0.25) is 0 Å². The number of hydrazone groups is 1. The van der Waals surface area contributed by atoms with Gasteiger partial charge in [-0.05, 0) is 55.0 Å². The Morgan fingerprint density at radius 1 is 1.09 bits per heavy atom. The third-order valence-electron chi connectivity index (χ3n) is 4.64. The number of anilines is 1. The molecule has 0 atom stereocenters. The maximum Gasteiger partial charge on any atom is 0.268 e. The highest BCUT2D eigenvalue weighted by Gasteiger charge is 2.30. The van der Waals surface area contributed by atoms with Gasteiger partial charge in [-0.3, -0.25) is 9.10 Å². The van der Waals surface area contributed by atoms with Gasteiger partial charge in [-0.25, -0.2) is 13.8 Å². The normalized spacial score (nSPS) is 11.7. The Balaban J connectivity index is 1.91. The van der Waals surface area contributed by atoms with Crippen molar-refractivity contribution in [1.29, 1.82) is 0 Å². The zero-order chi connectivity index (χ0) is 24.0. The van der Waals surface area contributed by atoms with Crippen molar-refractivity contribution < 1.29 is 17.9 Å². The number of hydrogen-bond donors (Lipinski definition) is 1. The molecular weight excluding hydrogens is 530 g/mol. The summed E-state index contributed by atoms with van der Waals surface area (Å²) in [4.78, 5) is 12.7. The van der Waals surface area contributed by atoms with Crippen LogP contribution < -0.4 is 14.5 Å². The van der Waals surface area contributed by atoms with E-state index in [0.29, 0.717) is 20.9 Å². The lowest BCUT2D eigenvalue weighted by atomic mass is 10.1. The summed E-state index contributed by atoms with van der Waals surface area (Å²) < 4.78 is 34.0. The Kier molecular flexibility index (Phi) is 8.12. The number of methoxy groups -OCH3 is 1. The third kappa shape index (κ3) is 6.13. The zero-order valence-electron chi connectivity index (χ0n) is 17.8. The summed E-state index contributed by atoms with van der Waals surface area (Å²) in [6.45, 7) is 1.24. The van der Waals surface area contributed by atoms with Gasteiger partial charge in [0.25, 0.3) is 15.9 Å². The molecule has 0 bridgehead atoms. The first kappa shape index (κ1) is 24.8. The number of carbonyl (C=O) groups is 1. The molecule has 0 aliphatic heterocycles. The minimum Gasteiger partial charge on any atom is -0.495 e. The van der Waals surface area contributed by atoms with Crippen molar-refractivity contribution >= 4 is 54.9 Å². The summed E-state index contributed by atoms with van der Waals surface area (Å²) in [6.07, 6.45) is 0. The van der Waals surface area contributed by atoms with E-state index in [9.17, 15) is 13.2 Å². The second-order valence-electron chi connectivity index (χ2n) is 6.88. The van der Waals surface area contributed by atoms with Gasteiger partial charge < -0.3 is 4.74 Å². The molecule has 172 valence electrons. The van der Waals surface area contributed by atoms with Gasteiger partial charge in [0.05, 0.1) is 18.5 Å². The number of nitrogens with one attached hydrogen (secondary N) is 1. The maximum absolute atomic E-state index is 13.6. The van der Waals surface area contributed by atoms with Gasteiger partial charge in [0, 0.05) is 9.50 Å². The predicted molar refractivity (Wildman–Crippen MR) is 133 cm³/mol. The minimum atomic E-state index is -4.16. The molecule has 0 unspecified atom stereocenters. The average molecular weight is 551 g/mol. The van der Waals surface area contributed by atoms with E-state index in [-0.39, 0.29) is 10.6 Å². The molecule has 1 amide bonds. The fraction of sp³-hybridized carbons (Fsp3) is 0.130. The lowest BCUT2D eigenvalue weighted by molar-refractivity contribution is -0.119. The van der Waals surface area contributed by atoms with Crippen LogP contribution in [0, 0.1) is 0 Å². The largest absolute Gasteiger partial charge is 0.495 e. The first-order valence-corrected chi connectivity index (χ1v) is 12.3. The molecule has 3 aromatic carbocycles. The highest BCUT2D eigenvalue weighted by atomic mass is 79.9. The molecule has 0 aliphatic rings. The Hall–Kier alpha value is -2.88. The van der Waals surface area contributed by atoms with E-state index in [1.54, 1.807) is 73.7 Å². The van der Waals surface area contributed by atoms with Crippen molar-refractivity contribution in [1.82, 2.24) is 5.43 Å². The van der Waals surface area contributed by atoms with Gasteiger partial charge in [-0.2, -0.15) is 5.10 Å². The number of ether oxygens (including phenoxy) is 1. The number of hydrogen-bond acceptors (Lipinski definition) is 5. The van der Waals surface area contributed by atoms with Crippen LogP contribution in [0.25, 0.3) is 0 Å². The Bertz CT molecular complexity index is 1270. The summed E-state index contributed by atoms with van der Waals surface area (Å²) >= 11 is 9.20. The van der Waals surface area contributed by atoms with Crippen LogP contribution >= 0.6 is 27.5 Å². The van der Waals surface area contributed by atoms with Gasteiger partial charge in [-0.1, -0.05) is 57.9 Å². The van der Waals surface area contributed by atoms with E-state index in [0.717, 1.165) is 9.87 Å². The van der Waals surface area contributed by atoms with Crippen LogP contribution in [-0.4, -0.2) is 33.7 Å². The fourth-order valence-corrected chi connectivity index (χ4v) is 5.19. The number of amides is 1. The van der Waals surface area contributed by atoms with Crippen LogP contribution in [0.3, 0.4) is 0 Å². The van der Waals surface area contributed by atoms with Crippen molar-refractivity contribution in [2.24, 2.45) is 5.10 Å². The summed E-state index contributed by atoms with van der Waals surface area (Å²) in [7, 11) is -2.77. The van der Waals surface area contributed by atoms with E-state index in [1.165, 1.54) is 13.2 Å². The topological polar surface area (TPSA) is 88.1 Å². The first-order chi connectivity index (χ1) is 15.7. The van der Waals surface area contributed by atoms with E-state index in [1.807, 2.05) is 0 Å². The van der Waals surface area contributed by atoms with E-state index in [4.69, 9.17) is 16.3 Å². The molecule has 0 fully saturated rings. The highest BCUT2D eigenvalue weighted by molar-refractivity contribution is 9.10. The van der Waals surface area contributed by atoms with Gasteiger partial charge in [-0.15, -0.1) is 0 Å². The lowest BCUT2D eigenvalue weighted by Gasteiger charge is -2.24. The van der Waals surface area contributed by atoms with Crippen LogP contribution in [0.15, 0.2) is 87.3 Å². The van der Waals surface area contributed by atoms with Crippen LogP contribution in [0.2, 0.25) is 5.02 Å². The molecule has 3 rings (SSSR count). The number of para-hydroxylation sites is 1. The number of halogens is 2. The second kappa shape index (κ2) is 10.8. The quantitative estimate of drug-likeness (QED) is 0.321. The second-order valence-corrected chi connectivity index (χ2v) is 10.1. The molecule has 10 heteroatoms. The Morgan fingerprint density at radius 2 is 1.76 bits per heavy atom. The number of benzene rings is 3. The Labute approximate surface area is 206 Å². The van der Waals surface area contributed by atoms with Crippen molar-refractivity contribution in [3.63, 3.8) is 0 Å². The van der Waals surface area contributed by atoms with Gasteiger partial charge in [0.15, 0.2) is 0 Å². The monoisotopic (exact) mass is 549 g/mol. The molecule has 0 radical (unpaired) electrons. The molecular formula is C23H21BrClN3O4S. The Morgan fingerprint density at radius 3 is 2.39 bits per heavy atom. The molecule has 3 aromatic rings. The van der Waals surface area contributed by atoms with E-state index in [2.05, 4.69) is 26.5 Å². The van der Waals surface area contributed by atoms with E-state index < -0.39 is 22.5 Å². The van der Waals surface area contributed by atoms with Gasteiger partial charge in [0.1, 0.15) is 17.2 Å². The summed E-state index contributed by atoms with van der Waals surface area (Å²) in [5, 5.41) is 4.68. The van der Waals surface area contributed by atoms with Crippen LogP contribution in [0.4, 0.5) is 5.69 Å². The molecule has 0 aromatic heterocycles. The molecule has 0 aliphatic carbocycles. The van der Waals surface area contributed by atoms with Crippen molar-refractivity contribution in [3.8, 4) is 5.75 Å². The molecule has 0 spiro atoms. The SMILES string of the molecule is COc1ccc(Br)cc1S(=O)(=O)N(CC(=O)N/N=C(/C)c1ccc(Cl)cc1)c1ccccc1. The smallest absolute Gasteiger partial charge is 0.268 e. The number of nitrogens with zero attached hydrogens (tertiary/aromatic N) is 2. The maximum atomic E-state index is 13.6. The predicted octanol–water partition coefficient (Wildman–Crippen LogP) is 4.85. The van der Waals surface area contributed by atoms with Crippen LogP contribution in [0.5, 0.6) is 5.75 Å². The van der Waals surface area contributed by atoms with Crippen molar-refractivity contribution in [2.45, 2.75) is 11.8 Å². The standard InChI is InChI=1S/C23H21BrClN3O4S/c1-16(17-8-11-19(25)12-9-17)26-27-23(29)15-28(20-6-4-3-5-7-20)33(30,31)22-14-18(24)10-13-21(22)32-2/h3-14H,15H2,1-2H3,(H,27,29)/b26-16-. The molecule has 0 heterocycles. The van der Waals surface area contributed by atoms with Gasteiger partial charge >= 0.3 is 0 Å². The van der Waals surface area contributed by atoms with Crippen molar-refractivity contribution in [3.05, 3.63) is 87.9 Å². The van der Waals surface area contributed by atoms with Crippen LogP contribution in [-0.2, 0) is 14.8 Å². The van der Waals surface area contributed by atoms with Crippen LogP contribution in [0.1, 0.15) is 12.5 Å². The minimum absolute atomic E-state index is 0.0723. The molecule has 1 N–H and O–H groups in total. The third-order valence-corrected chi connectivity index (χ3v) is 7.18. The number of rotatable bonds is 8. The lowest BCUT2D eigenvalue weighted by Crippen LogP contribution is -2.40. The van der Waals surface area contributed by atoms with Crippen molar-refractivity contribution in [2.75, 3.05) is 18.0 Å². The first-order valence-electron chi connectivity index (χ1n) is 9.73. The summed E-state index contributed by atoms with van der Waals surface area (Å²) in [5.41, 5.74) is 4.07. The van der Waals surface area contributed by atoms with E-state index >= 15 is 0 Å². The molecule has 0 saturated heterocycles. The molecule has 0 saturated carbocycles. The molecule has 33 heavy (non-hydrogen) atoms. The molecule has 7 nitrogen and oxygen atoms in total. The zero-order valence-corrected chi connectivity index (χ0v) is 21.0. The number of sulfonamides is 1. The average Bonchev–Trinajstić information content (AvgIpc) is 2.81. The summed E-state index contributed by atoms with van der Waals surface area (Å²) in [5.74, 6) is -0.444. The number of carbonyl (C=O) groups excluding carboxylic acids is 1.